The highest BCUT2D eigenvalue weighted by Gasteiger charge is 1.79. The smallest absolute Gasteiger partial charge is 0.0466 e. The van der Waals surface area contributed by atoms with Gasteiger partial charge in [0.25, 0.3) is 0 Å². The van der Waals surface area contributed by atoms with E-state index in [4.69, 9.17) is 10.8 Å². The first-order valence-electron chi connectivity index (χ1n) is 3.17. The standard InChI is InChI=1S/C8H13NO/c1-2-3-5-8(9)6-4-7-10/h2-3,5-6,10H,1,4,7,9H2/b5-3-,8-6+. The van der Waals surface area contributed by atoms with Gasteiger partial charge in [0.1, 0.15) is 0 Å². The summed E-state index contributed by atoms with van der Waals surface area (Å²) in [4.78, 5) is 0. The summed E-state index contributed by atoms with van der Waals surface area (Å²) in [6.45, 7) is 3.64. The quantitative estimate of drug-likeness (QED) is 0.570. The van der Waals surface area contributed by atoms with Gasteiger partial charge in [-0.3, -0.25) is 0 Å². The molecule has 0 aromatic rings. The number of hydrogen-bond donors (Lipinski definition) is 2. The minimum Gasteiger partial charge on any atom is -0.399 e. The lowest BCUT2D eigenvalue weighted by Gasteiger charge is -1.89. The molecule has 0 heterocycles. The van der Waals surface area contributed by atoms with Crippen LogP contribution >= 0.6 is 0 Å². The summed E-state index contributed by atoms with van der Waals surface area (Å²) in [7, 11) is 0. The third kappa shape index (κ3) is 5.12. The van der Waals surface area contributed by atoms with Gasteiger partial charge in [-0.05, 0) is 12.5 Å². The van der Waals surface area contributed by atoms with E-state index in [1.165, 1.54) is 0 Å². The fourth-order valence-corrected chi connectivity index (χ4v) is 0.478. The summed E-state index contributed by atoms with van der Waals surface area (Å²) < 4.78 is 0. The van der Waals surface area contributed by atoms with Gasteiger partial charge in [-0.2, -0.15) is 0 Å². The fourth-order valence-electron chi connectivity index (χ4n) is 0.478. The van der Waals surface area contributed by atoms with Gasteiger partial charge in [-0.25, -0.2) is 0 Å². The van der Waals surface area contributed by atoms with E-state index in [0.29, 0.717) is 12.1 Å². The van der Waals surface area contributed by atoms with Crippen LogP contribution in [-0.2, 0) is 0 Å². The zero-order valence-electron chi connectivity index (χ0n) is 5.96. The normalized spacial score (nSPS) is 12.3. The predicted octanol–water partition coefficient (Wildman–Crippen LogP) is 0.954. The molecule has 0 bridgehead atoms. The van der Waals surface area contributed by atoms with Gasteiger partial charge in [-0.15, -0.1) is 0 Å². The summed E-state index contributed by atoms with van der Waals surface area (Å²) in [6, 6.07) is 0. The average Bonchev–Trinajstić information content (AvgIpc) is 1.97. The zero-order chi connectivity index (χ0) is 7.82. The monoisotopic (exact) mass is 139 g/mol. The second-order valence-corrected chi connectivity index (χ2v) is 1.81. The SMILES string of the molecule is C=C/C=C\C(N)=C/CCO. The van der Waals surface area contributed by atoms with Crippen LogP contribution < -0.4 is 5.73 Å². The van der Waals surface area contributed by atoms with Crippen molar-refractivity contribution in [2.75, 3.05) is 6.61 Å². The van der Waals surface area contributed by atoms with E-state index in [1.807, 2.05) is 0 Å². The van der Waals surface area contributed by atoms with Crippen molar-refractivity contribution in [2.24, 2.45) is 5.73 Å². The van der Waals surface area contributed by atoms with Gasteiger partial charge in [-0.1, -0.05) is 24.8 Å². The molecular formula is C8H13NO. The number of rotatable bonds is 4. The third-order valence-corrected chi connectivity index (χ3v) is 0.934. The second-order valence-electron chi connectivity index (χ2n) is 1.81. The first kappa shape index (κ1) is 8.98. The van der Waals surface area contributed by atoms with Crippen LogP contribution in [0.15, 0.2) is 36.6 Å². The Morgan fingerprint density at radius 1 is 1.60 bits per heavy atom. The van der Waals surface area contributed by atoms with Crippen LogP contribution in [0.25, 0.3) is 0 Å². The lowest BCUT2D eigenvalue weighted by atomic mass is 10.3. The highest BCUT2D eigenvalue weighted by molar-refractivity contribution is 5.17. The summed E-state index contributed by atoms with van der Waals surface area (Å²) in [5, 5.41) is 8.40. The molecule has 0 aliphatic rings. The average molecular weight is 139 g/mol. The maximum Gasteiger partial charge on any atom is 0.0466 e. The molecule has 0 aliphatic heterocycles. The van der Waals surface area contributed by atoms with Crippen LogP contribution in [-0.4, -0.2) is 11.7 Å². The molecule has 0 rings (SSSR count). The largest absolute Gasteiger partial charge is 0.399 e. The molecule has 0 radical (unpaired) electrons. The molecule has 0 aliphatic carbocycles. The Morgan fingerprint density at radius 3 is 2.80 bits per heavy atom. The predicted molar refractivity (Wildman–Crippen MR) is 43.3 cm³/mol. The van der Waals surface area contributed by atoms with Crippen molar-refractivity contribution in [3.8, 4) is 0 Å². The fraction of sp³-hybridized carbons (Fsp3) is 0.250. The van der Waals surface area contributed by atoms with Crippen molar-refractivity contribution in [2.45, 2.75) is 6.42 Å². The first-order chi connectivity index (χ1) is 4.81. The molecule has 0 saturated heterocycles. The zero-order valence-corrected chi connectivity index (χ0v) is 5.96. The summed E-state index contributed by atoms with van der Waals surface area (Å²) in [5.74, 6) is 0. The van der Waals surface area contributed by atoms with Gasteiger partial charge in [0, 0.05) is 12.3 Å². The van der Waals surface area contributed by atoms with E-state index < -0.39 is 0 Å². The molecule has 10 heavy (non-hydrogen) atoms. The van der Waals surface area contributed by atoms with Crippen LogP contribution in [0, 0.1) is 0 Å². The Balaban J connectivity index is 3.69. The number of hydrogen-bond acceptors (Lipinski definition) is 2. The maximum absolute atomic E-state index is 8.40. The molecular weight excluding hydrogens is 126 g/mol. The van der Waals surface area contributed by atoms with E-state index in [9.17, 15) is 0 Å². The molecule has 2 heteroatoms. The summed E-state index contributed by atoms with van der Waals surface area (Å²) in [5.41, 5.74) is 6.12. The molecule has 0 unspecified atom stereocenters. The number of aliphatic hydroxyl groups excluding tert-OH is 1. The number of allylic oxidation sites excluding steroid dienone is 3. The van der Waals surface area contributed by atoms with Gasteiger partial charge < -0.3 is 10.8 Å². The van der Waals surface area contributed by atoms with E-state index in [2.05, 4.69) is 6.58 Å². The van der Waals surface area contributed by atoms with Crippen LogP contribution in [0.5, 0.6) is 0 Å². The van der Waals surface area contributed by atoms with Crippen molar-refractivity contribution in [1.82, 2.24) is 0 Å². The Labute approximate surface area is 61.4 Å². The minimum absolute atomic E-state index is 0.141. The minimum atomic E-state index is 0.141. The molecule has 0 aromatic carbocycles. The van der Waals surface area contributed by atoms with Crippen molar-refractivity contribution < 1.29 is 5.11 Å². The van der Waals surface area contributed by atoms with Gasteiger partial charge in [0.05, 0.1) is 0 Å². The molecule has 0 amide bonds. The van der Waals surface area contributed by atoms with Crippen molar-refractivity contribution >= 4 is 0 Å². The summed E-state index contributed by atoms with van der Waals surface area (Å²) >= 11 is 0. The molecule has 0 fully saturated rings. The third-order valence-electron chi connectivity index (χ3n) is 0.934. The van der Waals surface area contributed by atoms with Crippen molar-refractivity contribution in [3.63, 3.8) is 0 Å². The summed E-state index contributed by atoms with van der Waals surface area (Å²) in [6.07, 6.45) is 7.51. The van der Waals surface area contributed by atoms with Gasteiger partial charge >= 0.3 is 0 Å². The van der Waals surface area contributed by atoms with E-state index in [-0.39, 0.29) is 6.61 Å². The maximum atomic E-state index is 8.40. The van der Waals surface area contributed by atoms with Crippen molar-refractivity contribution in [1.29, 1.82) is 0 Å². The second kappa shape index (κ2) is 6.11. The van der Waals surface area contributed by atoms with Crippen molar-refractivity contribution in [3.05, 3.63) is 36.6 Å². The highest BCUT2D eigenvalue weighted by atomic mass is 16.2. The number of aliphatic hydroxyl groups is 1. The molecule has 2 nitrogen and oxygen atoms in total. The lowest BCUT2D eigenvalue weighted by Crippen LogP contribution is -1.92. The Kier molecular flexibility index (Phi) is 5.48. The Hall–Kier alpha value is -1.02. The topological polar surface area (TPSA) is 46.2 Å². The van der Waals surface area contributed by atoms with Gasteiger partial charge in [0.2, 0.25) is 0 Å². The van der Waals surface area contributed by atoms with Crippen LogP contribution in [0.3, 0.4) is 0 Å². The van der Waals surface area contributed by atoms with E-state index in [0.717, 1.165) is 0 Å². The van der Waals surface area contributed by atoms with Gasteiger partial charge in [0.15, 0.2) is 0 Å². The molecule has 0 atom stereocenters. The van der Waals surface area contributed by atoms with Crippen LogP contribution in [0.4, 0.5) is 0 Å². The lowest BCUT2D eigenvalue weighted by molar-refractivity contribution is 0.302. The number of nitrogens with two attached hydrogens (primary N) is 1. The Bertz CT molecular complexity index is 147. The molecule has 56 valence electrons. The molecule has 0 saturated carbocycles. The van der Waals surface area contributed by atoms with Crippen LogP contribution in [0.2, 0.25) is 0 Å². The molecule has 3 N–H and O–H groups in total. The Morgan fingerprint density at radius 2 is 2.30 bits per heavy atom. The molecule has 0 spiro atoms. The van der Waals surface area contributed by atoms with E-state index in [1.54, 1.807) is 24.3 Å². The van der Waals surface area contributed by atoms with Crippen LogP contribution in [0.1, 0.15) is 6.42 Å². The first-order valence-corrected chi connectivity index (χ1v) is 3.17. The highest BCUT2D eigenvalue weighted by Crippen LogP contribution is 1.89. The molecule has 0 aromatic heterocycles. The van der Waals surface area contributed by atoms with E-state index >= 15 is 0 Å².